The average Bonchev–Trinajstić information content (AvgIpc) is 2.94. The lowest BCUT2D eigenvalue weighted by Gasteiger charge is -2.24. The fourth-order valence-electron chi connectivity index (χ4n) is 2.31. The molecule has 2 aromatic rings. The molecule has 1 fully saturated rings. The Kier molecular flexibility index (Phi) is 5.77. The zero-order chi connectivity index (χ0) is 17.8. The van der Waals surface area contributed by atoms with Gasteiger partial charge in [-0.25, -0.2) is 0 Å². The average molecular weight is 380 g/mol. The van der Waals surface area contributed by atoms with Crippen LogP contribution in [-0.4, -0.2) is 25.1 Å². The molecule has 1 heterocycles. The summed E-state index contributed by atoms with van der Waals surface area (Å²) in [6.07, 6.45) is -0.212. The van der Waals surface area contributed by atoms with Crippen LogP contribution in [0.4, 0.5) is 0 Å². The molecule has 3 rings (SSSR count). The molecular weight excluding hydrogens is 359 g/mol. The van der Waals surface area contributed by atoms with Gasteiger partial charge in [0.1, 0.15) is 17.6 Å². The van der Waals surface area contributed by atoms with Crippen molar-refractivity contribution >= 4 is 18.5 Å². The first-order valence-electron chi connectivity index (χ1n) is 8.00. The molecule has 1 aliphatic heterocycles. The highest BCUT2D eigenvalue weighted by Gasteiger charge is 2.35. The molecule has 2 aromatic carbocycles. The van der Waals surface area contributed by atoms with Gasteiger partial charge < -0.3 is 18.5 Å². The fraction of sp³-hybridized carbons (Fsp3) is 0.333. The molecule has 0 unspecified atom stereocenters. The maximum atomic E-state index is 5.90. The van der Waals surface area contributed by atoms with Crippen LogP contribution in [0.3, 0.4) is 0 Å². The van der Waals surface area contributed by atoms with Crippen LogP contribution >= 0.6 is 6.72 Å². The van der Waals surface area contributed by atoms with Gasteiger partial charge in [0.15, 0.2) is 5.79 Å². The summed E-state index contributed by atoms with van der Waals surface area (Å²) < 4.78 is 29.0. The summed E-state index contributed by atoms with van der Waals surface area (Å²) in [5.41, 5.74) is 0. The zero-order valence-electron chi connectivity index (χ0n) is 14.2. The van der Waals surface area contributed by atoms with Crippen LogP contribution in [0.15, 0.2) is 60.7 Å². The topological polar surface area (TPSA) is 46.2 Å². The number of hydrogen-bond donors (Lipinski definition) is 0. The molecule has 0 N–H and O–H groups in total. The smallest absolute Gasteiger partial charge is 0.416 e. The van der Waals surface area contributed by atoms with Crippen LogP contribution in [0.25, 0.3) is 0 Å². The van der Waals surface area contributed by atoms with Crippen LogP contribution in [0.1, 0.15) is 13.8 Å². The Labute approximate surface area is 153 Å². The van der Waals surface area contributed by atoms with Crippen molar-refractivity contribution in [2.75, 3.05) is 13.2 Å². The van der Waals surface area contributed by atoms with Crippen LogP contribution in [0, 0.1) is 0 Å². The van der Waals surface area contributed by atoms with E-state index in [1.165, 1.54) is 0 Å². The van der Waals surface area contributed by atoms with Crippen molar-refractivity contribution < 1.29 is 23.0 Å². The standard InChI is InChI=1S/C18H21O5PS/c1-18(2)19-13-17(21-18)14-20-24(25,22-15-9-5-3-6-10-15)23-16-11-7-4-8-12-16/h3-12,17H,13-14H2,1-2H3/t17-/m0/s1. The monoisotopic (exact) mass is 380 g/mol. The largest absolute Gasteiger partial charge is 0.435 e. The second-order valence-electron chi connectivity index (χ2n) is 6.00. The maximum absolute atomic E-state index is 5.90. The second-order valence-corrected chi connectivity index (χ2v) is 8.86. The fourth-order valence-corrected chi connectivity index (χ4v) is 4.26. The van der Waals surface area contributed by atoms with E-state index in [0.717, 1.165) is 0 Å². The third kappa shape index (κ3) is 5.53. The first-order chi connectivity index (χ1) is 11.9. The van der Waals surface area contributed by atoms with Crippen molar-refractivity contribution in [2.24, 2.45) is 0 Å². The van der Waals surface area contributed by atoms with Crippen molar-refractivity contribution in [2.45, 2.75) is 25.7 Å². The second kappa shape index (κ2) is 7.85. The van der Waals surface area contributed by atoms with E-state index >= 15 is 0 Å². The van der Waals surface area contributed by atoms with Gasteiger partial charge in [-0.05, 0) is 38.1 Å². The summed E-state index contributed by atoms with van der Waals surface area (Å²) in [7, 11) is 0. The highest BCUT2D eigenvalue weighted by atomic mass is 32.5. The number of rotatable bonds is 7. The minimum absolute atomic E-state index is 0.212. The summed E-state index contributed by atoms with van der Waals surface area (Å²) in [5.74, 6) is 0.591. The number of benzene rings is 2. The molecular formula is C18H21O5PS. The SMILES string of the molecule is CC1(C)OC[C@@H](COP(=S)(Oc2ccccc2)Oc2ccccc2)O1. The molecule has 0 radical (unpaired) electrons. The number of hydrogen-bond acceptors (Lipinski definition) is 6. The predicted octanol–water partition coefficient (Wildman–Crippen LogP) is 4.54. The molecule has 0 aromatic heterocycles. The van der Waals surface area contributed by atoms with Gasteiger partial charge >= 0.3 is 6.72 Å². The van der Waals surface area contributed by atoms with Crippen molar-refractivity contribution in [3.63, 3.8) is 0 Å². The number of ether oxygens (including phenoxy) is 2. The minimum atomic E-state index is -3.06. The van der Waals surface area contributed by atoms with Crippen molar-refractivity contribution in [1.29, 1.82) is 0 Å². The molecule has 0 aliphatic carbocycles. The Morgan fingerprint density at radius 2 is 1.52 bits per heavy atom. The van der Waals surface area contributed by atoms with Gasteiger partial charge in [-0.15, -0.1) is 0 Å². The van der Waals surface area contributed by atoms with Crippen LogP contribution in [0.2, 0.25) is 0 Å². The third-order valence-corrected chi connectivity index (χ3v) is 5.50. The van der Waals surface area contributed by atoms with Gasteiger partial charge in [0.05, 0.1) is 13.2 Å². The molecule has 0 saturated carbocycles. The lowest BCUT2D eigenvalue weighted by molar-refractivity contribution is -0.141. The minimum Gasteiger partial charge on any atom is -0.416 e. The first-order valence-corrected chi connectivity index (χ1v) is 10.6. The van der Waals surface area contributed by atoms with E-state index in [0.29, 0.717) is 18.1 Å². The summed E-state index contributed by atoms with van der Waals surface area (Å²) in [6.45, 7) is 1.35. The Bertz CT molecular complexity index is 677. The van der Waals surface area contributed by atoms with E-state index in [1.807, 2.05) is 74.5 Å². The molecule has 0 spiro atoms. The van der Waals surface area contributed by atoms with Crippen LogP contribution in [0.5, 0.6) is 11.5 Å². The molecule has 134 valence electrons. The van der Waals surface area contributed by atoms with Crippen molar-refractivity contribution in [3.8, 4) is 11.5 Å². The molecule has 0 bridgehead atoms. The molecule has 1 saturated heterocycles. The highest BCUT2D eigenvalue weighted by molar-refractivity contribution is 8.07. The Balaban J connectivity index is 1.71. The molecule has 0 amide bonds. The van der Waals surface area contributed by atoms with E-state index < -0.39 is 12.5 Å². The highest BCUT2D eigenvalue weighted by Crippen LogP contribution is 2.50. The van der Waals surface area contributed by atoms with Gasteiger partial charge in [0.25, 0.3) is 0 Å². The molecule has 1 atom stereocenters. The maximum Gasteiger partial charge on any atom is 0.435 e. The lowest BCUT2D eigenvalue weighted by Crippen LogP contribution is -2.24. The van der Waals surface area contributed by atoms with Gasteiger partial charge in [-0.3, -0.25) is 4.52 Å². The summed E-state index contributed by atoms with van der Waals surface area (Å²) in [5, 5.41) is 0. The number of para-hydroxylation sites is 2. The van der Waals surface area contributed by atoms with Gasteiger partial charge in [-0.2, -0.15) is 0 Å². The molecule has 25 heavy (non-hydrogen) atoms. The Morgan fingerprint density at radius 3 is 1.96 bits per heavy atom. The molecule has 1 aliphatic rings. The van der Waals surface area contributed by atoms with Crippen LogP contribution < -0.4 is 9.05 Å². The van der Waals surface area contributed by atoms with Gasteiger partial charge in [0.2, 0.25) is 0 Å². The summed E-state index contributed by atoms with van der Waals surface area (Å²) in [6, 6.07) is 18.5. The quantitative estimate of drug-likeness (QED) is 0.658. The van der Waals surface area contributed by atoms with Gasteiger partial charge in [-0.1, -0.05) is 36.4 Å². The van der Waals surface area contributed by atoms with Crippen molar-refractivity contribution in [3.05, 3.63) is 60.7 Å². The molecule has 5 nitrogen and oxygen atoms in total. The van der Waals surface area contributed by atoms with E-state index in [2.05, 4.69) is 0 Å². The van der Waals surface area contributed by atoms with E-state index in [1.54, 1.807) is 0 Å². The summed E-state index contributed by atoms with van der Waals surface area (Å²) in [4.78, 5) is 0. The van der Waals surface area contributed by atoms with Crippen molar-refractivity contribution in [1.82, 2.24) is 0 Å². The van der Waals surface area contributed by atoms with Gasteiger partial charge in [0, 0.05) is 11.8 Å². The summed E-state index contributed by atoms with van der Waals surface area (Å²) >= 11 is 5.61. The third-order valence-electron chi connectivity index (χ3n) is 3.41. The van der Waals surface area contributed by atoms with E-state index in [9.17, 15) is 0 Å². The zero-order valence-corrected chi connectivity index (χ0v) is 15.9. The van der Waals surface area contributed by atoms with Crippen LogP contribution in [-0.2, 0) is 25.8 Å². The predicted molar refractivity (Wildman–Crippen MR) is 99.3 cm³/mol. The lowest BCUT2D eigenvalue weighted by atomic mass is 10.3. The van der Waals surface area contributed by atoms with E-state index in [4.69, 9.17) is 34.9 Å². The Hall–Kier alpha value is -1.43. The van der Waals surface area contributed by atoms with E-state index in [-0.39, 0.29) is 12.7 Å². The molecule has 7 heteroatoms. The first kappa shape index (κ1) is 18.4. The Morgan fingerprint density at radius 1 is 1.00 bits per heavy atom. The normalized spacial score (nSPS) is 19.5.